The third-order valence-corrected chi connectivity index (χ3v) is 4.09. The third kappa shape index (κ3) is 2.81. The second kappa shape index (κ2) is 5.82. The molecule has 2 aromatic rings. The summed E-state index contributed by atoms with van der Waals surface area (Å²) in [5.74, 6) is -0.406. The van der Waals surface area contributed by atoms with E-state index >= 15 is 0 Å². The van der Waals surface area contributed by atoms with E-state index in [2.05, 4.69) is 0 Å². The van der Waals surface area contributed by atoms with Gasteiger partial charge in [-0.25, -0.2) is 4.39 Å². The van der Waals surface area contributed by atoms with E-state index in [1.807, 2.05) is 18.2 Å². The quantitative estimate of drug-likeness (QED) is 0.947. The summed E-state index contributed by atoms with van der Waals surface area (Å²) >= 11 is 0. The summed E-state index contributed by atoms with van der Waals surface area (Å²) in [6.45, 7) is 0.605. The van der Waals surface area contributed by atoms with Gasteiger partial charge in [0.25, 0.3) is 5.91 Å². The molecule has 0 aliphatic carbocycles. The zero-order chi connectivity index (χ0) is 16.6. The molecule has 2 aromatic carbocycles. The van der Waals surface area contributed by atoms with Crippen molar-refractivity contribution in [1.82, 2.24) is 4.90 Å². The van der Waals surface area contributed by atoms with Crippen molar-refractivity contribution in [1.29, 1.82) is 5.26 Å². The highest BCUT2D eigenvalue weighted by Crippen LogP contribution is 2.28. The molecule has 1 unspecified atom stereocenters. The van der Waals surface area contributed by atoms with E-state index in [9.17, 15) is 9.18 Å². The Hall–Kier alpha value is -2.71. The molecular formula is C18H16FN3O. The highest BCUT2D eigenvalue weighted by molar-refractivity contribution is 5.99. The molecule has 4 nitrogen and oxygen atoms in total. The maximum Gasteiger partial charge on any atom is 0.254 e. The van der Waals surface area contributed by atoms with Crippen LogP contribution in [0.5, 0.6) is 0 Å². The zero-order valence-corrected chi connectivity index (χ0v) is 12.7. The molecule has 0 aromatic heterocycles. The number of rotatable bonds is 3. The number of halogens is 1. The number of carbonyl (C=O) groups is 1. The van der Waals surface area contributed by atoms with Crippen molar-refractivity contribution in [3.05, 3.63) is 58.9 Å². The Morgan fingerprint density at radius 2 is 2.00 bits per heavy atom. The predicted molar refractivity (Wildman–Crippen MR) is 84.9 cm³/mol. The minimum atomic E-state index is -0.719. The van der Waals surface area contributed by atoms with Gasteiger partial charge in [-0.1, -0.05) is 24.3 Å². The fourth-order valence-electron chi connectivity index (χ4n) is 2.80. The first-order chi connectivity index (χ1) is 11.0. The normalized spacial score (nSPS) is 14.5. The largest absolute Gasteiger partial charge is 0.337 e. The van der Waals surface area contributed by atoms with Crippen LogP contribution < -0.4 is 5.73 Å². The molecule has 0 saturated carbocycles. The average Bonchev–Trinajstić information content (AvgIpc) is 2.83. The van der Waals surface area contributed by atoms with Gasteiger partial charge in [0.15, 0.2) is 0 Å². The standard InChI is InChI=1S/C18H16FN3O/c1-22-10-14-5-3-11(7-16(14)18(22)23)12-2-4-13(17(19)8-12)6-15(21)9-20/h2-5,7-8,15H,6,10,21H2,1H3. The molecule has 1 aliphatic rings. The third-order valence-electron chi connectivity index (χ3n) is 4.09. The Morgan fingerprint density at radius 1 is 1.30 bits per heavy atom. The molecule has 0 spiro atoms. The van der Waals surface area contributed by atoms with Crippen molar-refractivity contribution >= 4 is 5.91 Å². The lowest BCUT2D eigenvalue weighted by molar-refractivity contribution is 0.0816. The van der Waals surface area contributed by atoms with Crippen LogP contribution in [0.1, 0.15) is 21.5 Å². The van der Waals surface area contributed by atoms with Crippen LogP contribution in [0.4, 0.5) is 4.39 Å². The SMILES string of the molecule is CN1Cc2ccc(-c3ccc(CC(N)C#N)c(F)c3)cc2C1=O. The Bertz CT molecular complexity index is 826. The van der Waals surface area contributed by atoms with Gasteiger partial charge in [-0.2, -0.15) is 5.26 Å². The molecule has 1 amide bonds. The Kier molecular flexibility index (Phi) is 3.85. The van der Waals surface area contributed by atoms with Crippen LogP contribution in [0, 0.1) is 17.1 Å². The van der Waals surface area contributed by atoms with E-state index in [4.69, 9.17) is 11.0 Å². The zero-order valence-electron chi connectivity index (χ0n) is 12.7. The summed E-state index contributed by atoms with van der Waals surface area (Å²) in [7, 11) is 1.76. The van der Waals surface area contributed by atoms with E-state index in [0.29, 0.717) is 23.2 Å². The second-order valence-electron chi connectivity index (χ2n) is 5.78. The monoisotopic (exact) mass is 309 g/mol. The number of nitrogens with zero attached hydrogens (tertiary/aromatic N) is 2. The molecule has 5 heteroatoms. The lowest BCUT2D eigenvalue weighted by atomic mass is 9.98. The first-order valence-corrected chi connectivity index (χ1v) is 7.32. The van der Waals surface area contributed by atoms with Gasteiger partial charge >= 0.3 is 0 Å². The van der Waals surface area contributed by atoms with Gasteiger partial charge in [0.1, 0.15) is 5.82 Å². The van der Waals surface area contributed by atoms with Crippen LogP contribution in [-0.4, -0.2) is 23.9 Å². The van der Waals surface area contributed by atoms with Crippen LogP contribution in [-0.2, 0) is 13.0 Å². The van der Waals surface area contributed by atoms with E-state index in [1.165, 1.54) is 6.07 Å². The van der Waals surface area contributed by atoms with Gasteiger partial charge in [0.05, 0.1) is 12.1 Å². The van der Waals surface area contributed by atoms with E-state index < -0.39 is 11.9 Å². The molecule has 0 radical (unpaired) electrons. The van der Waals surface area contributed by atoms with E-state index in [1.54, 1.807) is 30.1 Å². The maximum absolute atomic E-state index is 14.2. The summed E-state index contributed by atoms with van der Waals surface area (Å²) in [5, 5.41) is 8.72. The molecule has 1 aliphatic heterocycles. The summed E-state index contributed by atoms with van der Waals surface area (Å²) in [6.07, 6.45) is 0.177. The smallest absolute Gasteiger partial charge is 0.254 e. The molecule has 2 N–H and O–H groups in total. The van der Waals surface area contributed by atoms with Gasteiger partial charge in [-0.05, 0) is 34.4 Å². The molecular weight excluding hydrogens is 293 g/mol. The van der Waals surface area contributed by atoms with Gasteiger partial charge in [0.2, 0.25) is 0 Å². The van der Waals surface area contributed by atoms with Crippen molar-refractivity contribution < 1.29 is 9.18 Å². The number of benzene rings is 2. The topological polar surface area (TPSA) is 70.1 Å². The van der Waals surface area contributed by atoms with Crippen molar-refractivity contribution in [3.8, 4) is 17.2 Å². The summed E-state index contributed by atoms with van der Waals surface area (Å²) in [4.78, 5) is 13.7. The highest BCUT2D eigenvalue weighted by Gasteiger charge is 2.24. The molecule has 23 heavy (non-hydrogen) atoms. The van der Waals surface area contributed by atoms with Crippen LogP contribution in [0.3, 0.4) is 0 Å². The lowest BCUT2D eigenvalue weighted by Crippen LogP contribution is -2.20. The number of fused-ring (bicyclic) bond motifs is 1. The van der Waals surface area contributed by atoms with Gasteiger partial charge in [-0.15, -0.1) is 0 Å². The lowest BCUT2D eigenvalue weighted by Gasteiger charge is -2.08. The fraction of sp³-hybridized carbons (Fsp3) is 0.222. The number of hydrogen-bond donors (Lipinski definition) is 1. The van der Waals surface area contributed by atoms with Gasteiger partial charge in [0, 0.05) is 25.6 Å². The van der Waals surface area contributed by atoms with Crippen molar-refractivity contribution in [2.45, 2.75) is 19.0 Å². The molecule has 0 bridgehead atoms. The summed E-state index contributed by atoms with van der Waals surface area (Å²) in [6, 6.07) is 11.6. The van der Waals surface area contributed by atoms with Gasteiger partial charge in [-0.3, -0.25) is 4.79 Å². The van der Waals surface area contributed by atoms with Crippen molar-refractivity contribution in [3.63, 3.8) is 0 Å². The van der Waals surface area contributed by atoms with E-state index in [0.717, 1.165) is 11.1 Å². The first kappa shape index (κ1) is 15.2. The first-order valence-electron chi connectivity index (χ1n) is 7.32. The van der Waals surface area contributed by atoms with Crippen LogP contribution in [0.2, 0.25) is 0 Å². The van der Waals surface area contributed by atoms with Crippen molar-refractivity contribution in [2.75, 3.05) is 7.05 Å². The Morgan fingerprint density at radius 3 is 2.70 bits per heavy atom. The summed E-state index contributed by atoms with van der Waals surface area (Å²) < 4.78 is 14.2. The number of nitriles is 1. The van der Waals surface area contributed by atoms with Crippen LogP contribution in [0.15, 0.2) is 36.4 Å². The molecule has 0 saturated heterocycles. The number of amides is 1. The second-order valence-corrected chi connectivity index (χ2v) is 5.78. The molecule has 3 rings (SSSR count). The average molecular weight is 309 g/mol. The Labute approximate surface area is 133 Å². The maximum atomic E-state index is 14.2. The summed E-state index contributed by atoms with van der Waals surface area (Å²) in [5.41, 5.74) is 9.10. The van der Waals surface area contributed by atoms with Gasteiger partial charge < -0.3 is 10.6 Å². The molecule has 1 heterocycles. The van der Waals surface area contributed by atoms with E-state index in [-0.39, 0.29) is 12.3 Å². The fourth-order valence-corrected chi connectivity index (χ4v) is 2.80. The molecule has 1 atom stereocenters. The van der Waals surface area contributed by atoms with Crippen LogP contribution in [0.25, 0.3) is 11.1 Å². The number of carbonyl (C=O) groups excluding carboxylic acids is 1. The minimum Gasteiger partial charge on any atom is -0.337 e. The number of nitrogens with two attached hydrogens (primary N) is 1. The van der Waals surface area contributed by atoms with Crippen molar-refractivity contribution in [2.24, 2.45) is 5.73 Å². The minimum absolute atomic E-state index is 0.0149. The molecule has 0 fully saturated rings. The Balaban J connectivity index is 1.93. The van der Waals surface area contributed by atoms with Crippen LogP contribution >= 0.6 is 0 Å². The molecule has 116 valence electrons. The predicted octanol–water partition coefficient (Wildman–Crippen LogP) is 2.47. The number of hydrogen-bond acceptors (Lipinski definition) is 3. The highest BCUT2D eigenvalue weighted by atomic mass is 19.1.